The standard InChI is InChI=1S/C28H29NO4/c1-18(2)19-11-9-14-21-20(17-25(24(21)16-19)28(32)33-3)10-5-4-8-15-29-26(30)22-12-6-7-13-23(22)27(29)31/h6-7,9,11-14,16-18H,4-5,8,10,15H2,1-3H3. The molecule has 0 radical (unpaired) electrons. The molecule has 0 saturated heterocycles. The molecule has 5 nitrogen and oxygen atoms in total. The lowest BCUT2D eigenvalue weighted by Gasteiger charge is -2.13. The lowest BCUT2D eigenvalue weighted by Crippen LogP contribution is -2.30. The molecule has 1 heterocycles. The third-order valence-corrected chi connectivity index (χ3v) is 6.39. The molecule has 4 rings (SSSR count). The summed E-state index contributed by atoms with van der Waals surface area (Å²) in [4.78, 5) is 38.8. The van der Waals surface area contributed by atoms with Crippen molar-refractivity contribution in [3.05, 3.63) is 82.4 Å². The van der Waals surface area contributed by atoms with Gasteiger partial charge < -0.3 is 4.74 Å². The van der Waals surface area contributed by atoms with Crippen LogP contribution in [0, 0.1) is 0 Å². The van der Waals surface area contributed by atoms with E-state index in [9.17, 15) is 14.4 Å². The molecule has 5 heteroatoms. The Bertz CT molecular complexity index is 1150. The van der Waals surface area contributed by atoms with E-state index in [2.05, 4.69) is 32.0 Å². The van der Waals surface area contributed by atoms with E-state index in [-0.39, 0.29) is 17.8 Å². The Morgan fingerprint density at radius 2 is 1.52 bits per heavy atom. The SMILES string of the molecule is COC(=O)c1cc(CCCCCN2C(=O)c3ccccc3C2=O)c2cccc(C(C)C)cc1-2. The zero-order valence-corrected chi connectivity index (χ0v) is 19.4. The number of rotatable bonds is 8. The largest absolute Gasteiger partial charge is 0.465 e. The monoisotopic (exact) mass is 443 g/mol. The van der Waals surface area contributed by atoms with Gasteiger partial charge in [0.1, 0.15) is 0 Å². The molecular formula is C28H29NO4. The Morgan fingerprint density at radius 1 is 0.848 bits per heavy atom. The minimum atomic E-state index is -0.321. The number of hydrogen-bond donors (Lipinski definition) is 0. The minimum Gasteiger partial charge on any atom is -0.465 e. The van der Waals surface area contributed by atoms with Gasteiger partial charge in [-0.2, -0.15) is 0 Å². The second-order valence-electron chi connectivity index (χ2n) is 8.85. The number of benzene rings is 1. The molecule has 3 aliphatic rings. The number of aryl methyl sites for hydroxylation is 1. The molecule has 0 fully saturated rings. The van der Waals surface area contributed by atoms with Gasteiger partial charge in [-0.15, -0.1) is 0 Å². The van der Waals surface area contributed by atoms with E-state index in [0.29, 0.717) is 29.2 Å². The molecule has 1 aromatic carbocycles. The maximum Gasteiger partial charge on any atom is 0.338 e. The Hall–Kier alpha value is -3.47. The molecule has 2 aliphatic carbocycles. The van der Waals surface area contributed by atoms with Crippen LogP contribution in [0.2, 0.25) is 0 Å². The van der Waals surface area contributed by atoms with Crippen LogP contribution in [0.3, 0.4) is 0 Å². The van der Waals surface area contributed by atoms with E-state index in [1.807, 2.05) is 12.1 Å². The zero-order chi connectivity index (χ0) is 23.5. The van der Waals surface area contributed by atoms with E-state index >= 15 is 0 Å². The van der Waals surface area contributed by atoms with Crippen molar-refractivity contribution in [2.45, 2.75) is 45.4 Å². The number of ether oxygens (including phenoxy) is 1. The molecule has 0 atom stereocenters. The van der Waals surface area contributed by atoms with Gasteiger partial charge in [-0.3, -0.25) is 14.5 Å². The summed E-state index contributed by atoms with van der Waals surface area (Å²) in [6.45, 7) is 4.70. The lowest BCUT2D eigenvalue weighted by molar-refractivity contribution is 0.0599. The Labute approximate surface area is 194 Å². The third-order valence-electron chi connectivity index (χ3n) is 6.39. The summed E-state index contributed by atoms with van der Waals surface area (Å²) in [6, 6.07) is 17.2. The Balaban J connectivity index is 1.41. The molecule has 33 heavy (non-hydrogen) atoms. The quantitative estimate of drug-likeness (QED) is 0.254. The first-order valence-corrected chi connectivity index (χ1v) is 11.5. The van der Waals surface area contributed by atoms with Crippen molar-refractivity contribution in [3.63, 3.8) is 0 Å². The maximum absolute atomic E-state index is 12.5. The first kappa shape index (κ1) is 22.7. The van der Waals surface area contributed by atoms with Gasteiger partial charge in [0.25, 0.3) is 11.8 Å². The van der Waals surface area contributed by atoms with Crippen molar-refractivity contribution in [2.75, 3.05) is 13.7 Å². The van der Waals surface area contributed by atoms with E-state index in [1.54, 1.807) is 24.3 Å². The summed E-state index contributed by atoms with van der Waals surface area (Å²) in [6.07, 6.45) is 3.35. The van der Waals surface area contributed by atoms with E-state index in [0.717, 1.165) is 42.4 Å². The number of nitrogens with zero attached hydrogens (tertiary/aromatic N) is 1. The number of esters is 1. The Morgan fingerprint density at radius 3 is 2.15 bits per heavy atom. The molecule has 0 N–H and O–H groups in total. The number of imide groups is 1. The highest BCUT2D eigenvalue weighted by Crippen LogP contribution is 2.35. The lowest BCUT2D eigenvalue weighted by atomic mass is 10.0. The van der Waals surface area contributed by atoms with Gasteiger partial charge >= 0.3 is 5.97 Å². The van der Waals surface area contributed by atoms with Gasteiger partial charge in [0.15, 0.2) is 0 Å². The van der Waals surface area contributed by atoms with Gasteiger partial charge in [-0.25, -0.2) is 4.79 Å². The van der Waals surface area contributed by atoms with E-state index in [1.165, 1.54) is 17.6 Å². The van der Waals surface area contributed by atoms with Crippen LogP contribution in [0.25, 0.3) is 11.1 Å². The Kier molecular flexibility index (Phi) is 6.59. The first-order chi connectivity index (χ1) is 15.9. The first-order valence-electron chi connectivity index (χ1n) is 11.5. The third kappa shape index (κ3) is 4.40. The van der Waals surface area contributed by atoms with Gasteiger partial charge in [0, 0.05) is 6.54 Å². The van der Waals surface area contributed by atoms with Crippen molar-refractivity contribution in [1.82, 2.24) is 4.90 Å². The number of unbranched alkanes of at least 4 members (excludes halogenated alkanes) is 2. The van der Waals surface area contributed by atoms with Crippen LogP contribution < -0.4 is 0 Å². The van der Waals surface area contributed by atoms with Crippen LogP contribution in [0.15, 0.2) is 54.6 Å². The van der Waals surface area contributed by atoms with Crippen LogP contribution in [0.4, 0.5) is 0 Å². The molecule has 0 saturated carbocycles. The predicted molar refractivity (Wildman–Crippen MR) is 128 cm³/mol. The van der Waals surface area contributed by atoms with Crippen LogP contribution in [-0.4, -0.2) is 36.3 Å². The van der Waals surface area contributed by atoms with Crippen molar-refractivity contribution in [1.29, 1.82) is 0 Å². The van der Waals surface area contributed by atoms with Crippen molar-refractivity contribution in [3.8, 4) is 11.1 Å². The fourth-order valence-electron chi connectivity index (χ4n) is 4.52. The topological polar surface area (TPSA) is 63.7 Å². The summed E-state index contributed by atoms with van der Waals surface area (Å²) >= 11 is 0. The number of carbonyl (C=O) groups excluding carboxylic acids is 3. The average Bonchev–Trinajstić information content (AvgIpc) is 3.15. The van der Waals surface area contributed by atoms with Gasteiger partial charge in [0.2, 0.25) is 0 Å². The number of hydrogen-bond acceptors (Lipinski definition) is 4. The van der Waals surface area contributed by atoms with Crippen LogP contribution in [0.1, 0.15) is 81.2 Å². The van der Waals surface area contributed by atoms with E-state index < -0.39 is 0 Å². The summed E-state index contributed by atoms with van der Waals surface area (Å²) in [5.74, 6) is -0.369. The number of amides is 2. The molecule has 0 spiro atoms. The highest BCUT2D eigenvalue weighted by Gasteiger charge is 2.34. The molecule has 0 aromatic heterocycles. The van der Waals surface area contributed by atoms with Crippen LogP contribution in [-0.2, 0) is 11.2 Å². The predicted octanol–water partition coefficient (Wildman–Crippen LogP) is 5.71. The highest BCUT2D eigenvalue weighted by molar-refractivity contribution is 6.21. The molecule has 1 aromatic rings. The van der Waals surface area contributed by atoms with Crippen molar-refractivity contribution < 1.29 is 19.1 Å². The maximum atomic E-state index is 12.5. The van der Waals surface area contributed by atoms with Gasteiger partial charge in [0.05, 0.1) is 23.8 Å². The second-order valence-corrected chi connectivity index (χ2v) is 8.85. The fourth-order valence-corrected chi connectivity index (χ4v) is 4.52. The fraction of sp³-hybridized carbons (Fsp3) is 0.321. The minimum absolute atomic E-state index is 0.200. The van der Waals surface area contributed by atoms with Gasteiger partial charge in [-0.1, -0.05) is 56.7 Å². The molecular weight excluding hydrogens is 414 g/mol. The smallest absolute Gasteiger partial charge is 0.338 e. The number of methoxy groups -OCH3 is 1. The second kappa shape index (κ2) is 9.57. The molecule has 0 unspecified atom stereocenters. The summed E-state index contributed by atoms with van der Waals surface area (Å²) in [7, 11) is 1.41. The normalized spacial score (nSPS) is 13.2. The summed E-state index contributed by atoms with van der Waals surface area (Å²) < 4.78 is 5.03. The zero-order valence-electron chi connectivity index (χ0n) is 19.4. The average molecular weight is 444 g/mol. The molecule has 1 aliphatic heterocycles. The van der Waals surface area contributed by atoms with Crippen molar-refractivity contribution in [2.24, 2.45) is 0 Å². The highest BCUT2D eigenvalue weighted by atomic mass is 16.5. The van der Waals surface area contributed by atoms with Gasteiger partial charge in [-0.05, 0) is 65.6 Å². The molecule has 2 amide bonds. The van der Waals surface area contributed by atoms with Crippen LogP contribution in [0.5, 0.6) is 0 Å². The molecule has 170 valence electrons. The summed E-state index contributed by atoms with van der Waals surface area (Å²) in [5, 5.41) is 0. The van der Waals surface area contributed by atoms with E-state index in [4.69, 9.17) is 4.74 Å². The summed E-state index contributed by atoms with van der Waals surface area (Å²) in [5.41, 5.74) is 5.89. The van der Waals surface area contributed by atoms with Crippen LogP contribution >= 0.6 is 0 Å². The van der Waals surface area contributed by atoms with Crippen molar-refractivity contribution >= 4 is 17.8 Å². The number of carbonyl (C=O) groups is 3. The number of fused-ring (bicyclic) bond motifs is 2. The molecule has 0 bridgehead atoms.